The number of carbonyl (C=O) groups excluding carboxylic acids is 1. The fraction of sp³-hybridized carbons (Fsp3) is 0.524. The molecule has 0 aliphatic carbocycles. The molecule has 2 aromatic rings. The number of hydrogen-bond acceptors (Lipinski definition) is 4. The van der Waals surface area contributed by atoms with E-state index in [0.717, 1.165) is 57.9 Å². The molecule has 1 N–H and O–H groups in total. The molecular formula is C21H26N4O2. The van der Waals surface area contributed by atoms with Crippen LogP contribution in [0, 0.1) is 11.8 Å². The van der Waals surface area contributed by atoms with E-state index in [1.807, 2.05) is 11.1 Å². The Labute approximate surface area is 159 Å². The first-order valence-electron chi connectivity index (χ1n) is 9.94. The van der Waals surface area contributed by atoms with Crippen molar-refractivity contribution in [3.63, 3.8) is 0 Å². The van der Waals surface area contributed by atoms with Crippen molar-refractivity contribution in [2.45, 2.75) is 18.8 Å². The van der Waals surface area contributed by atoms with Crippen molar-refractivity contribution in [2.24, 2.45) is 11.8 Å². The number of aromatic nitrogens is 2. The molecule has 0 saturated carbocycles. The lowest BCUT2D eigenvalue weighted by Gasteiger charge is -2.26. The fourth-order valence-corrected chi connectivity index (χ4v) is 5.16. The zero-order valence-corrected chi connectivity index (χ0v) is 15.6. The number of pyridine rings is 1. The lowest BCUT2D eigenvalue weighted by Crippen LogP contribution is -2.32. The highest BCUT2D eigenvalue weighted by molar-refractivity contribution is 5.93. The molecule has 0 unspecified atom stereocenters. The lowest BCUT2D eigenvalue weighted by molar-refractivity contribution is -0.125. The molecule has 3 aliphatic rings. The molecule has 3 fully saturated rings. The van der Waals surface area contributed by atoms with Gasteiger partial charge in [0.2, 0.25) is 5.91 Å². The molecule has 5 heterocycles. The molecule has 3 aliphatic heterocycles. The third-order valence-corrected chi connectivity index (χ3v) is 6.56. The van der Waals surface area contributed by atoms with Crippen LogP contribution in [-0.4, -0.2) is 60.2 Å². The van der Waals surface area contributed by atoms with Crippen molar-refractivity contribution < 1.29 is 9.53 Å². The van der Waals surface area contributed by atoms with Crippen molar-refractivity contribution in [1.29, 1.82) is 0 Å². The second kappa shape index (κ2) is 6.68. The average Bonchev–Trinajstić information content (AvgIpc) is 3.40. The van der Waals surface area contributed by atoms with Crippen LogP contribution >= 0.6 is 0 Å². The highest BCUT2D eigenvalue weighted by Gasteiger charge is 2.41. The first-order valence-corrected chi connectivity index (χ1v) is 9.94. The van der Waals surface area contributed by atoms with Crippen molar-refractivity contribution in [1.82, 2.24) is 14.9 Å². The number of nitrogens with zero attached hydrogens (tertiary/aromatic N) is 3. The zero-order chi connectivity index (χ0) is 18.4. The van der Waals surface area contributed by atoms with Crippen LogP contribution in [0.5, 0.6) is 0 Å². The summed E-state index contributed by atoms with van der Waals surface area (Å²) in [6.45, 7) is 9.01. The van der Waals surface area contributed by atoms with Crippen molar-refractivity contribution >= 4 is 22.6 Å². The number of anilines is 1. The number of ether oxygens (including phenoxy) is 1. The maximum absolute atomic E-state index is 11.9. The molecule has 5 rings (SSSR count). The van der Waals surface area contributed by atoms with Crippen LogP contribution < -0.4 is 4.90 Å². The van der Waals surface area contributed by atoms with E-state index in [4.69, 9.17) is 4.74 Å². The van der Waals surface area contributed by atoms with Gasteiger partial charge in [-0.25, -0.2) is 4.98 Å². The molecule has 142 valence electrons. The predicted octanol–water partition coefficient (Wildman–Crippen LogP) is 2.54. The number of amides is 1. The summed E-state index contributed by atoms with van der Waals surface area (Å²) in [6.07, 6.45) is 7.64. The fourth-order valence-electron chi connectivity index (χ4n) is 5.16. The maximum atomic E-state index is 11.9. The first-order chi connectivity index (χ1) is 13.2. The lowest BCUT2D eigenvalue weighted by atomic mass is 9.91. The molecule has 0 radical (unpaired) electrons. The van der Waals surface area contributed by atoms with E-state index in [0.29, 0.717) is 17.8 Å². The van der Waals surface area contributed by atoms with Crippen molar-refractivity contribution in [3.8, 4) is 0 Å². The summed E-state index contributed by atoms with van der Waals surface area (Å²) in [6, 6.07) is 2.16. The SMILES string of the molecule is C=CC(=O)N1C[C@@H]2CN(c3ccnc4[nH]cc(C5CCOCC5)c34)C[C@@H]2C1. The molecule has 6 heteroatoms. The van der Waals surface area contributed by atoms with Crippen LogP contribution in [0.15, 0.2) is 31.1 Å². The van der Waals surface area contributed by atoms with E-state index < -0.39 is 0 Å². The van der Waals surface area contributed by atoms with Gasteiger partial charge in [0.25, 0.3) is 0 Å². The van der Waals surface area contributed by atoms with Gasteiger partial charge in [-0.3, -0.25) is 4.79 Å². The molecule has 2 atom stereocenters. The Balaban J connectivity index is 1.42. The smallest absolute Gasteiger partial charge is 0.245 e. The third-order valence-electron chi connectivity index (χ3n) is 6.56. The standard InChI is InChI=1S/C21H26N4O2/c1-2-19(26)25-12-15-10-24(11-16(15)13-25)18-3-6-22-21-20(18)17(9-23-21)14-4-7-27-8-5-14/h2-3,6,9,14-16H,1,4-5,7-8,10-13H2,(H,22,23)/t15-,16+. The van der Waals surface area contributed by atoms with Crippen LogP contribution in [0.4, 0.5) is 5.69 Å². The van der Waals surface area contributed by atoms with Crippen LogP contribution in [0.1, 0.15) is 24.3 Å². The van der Waals surface area contributed by atoms with Crippen molar-refractivity contribution in [3.05, 3.63) is 36.7 Å². The van der Waals surface area contributed by atoms with Crippen LogP contribution in [-0.2, 0) is 9.53 Å². The van der Waals surface area contributed by atoms with Gasteiger partial charge < -0.3 is 19.5 Å². The Hall–Kier alpha value is -2.34. The topological polar surface area (TPSA) is 61.5 Å². The van der Waals surface area contributed by atoms with E-state index in [1.54, 1.807) is 0 Å². The number of fused-ring (bicyclic) bond motifs is 2. The average molecular weight is 366 g/mol. The summed E-state index contributed by atoms with van der Waals surface area (Å²) in [5.41, 5.74) is 3.66. The predicted molar refractivity (Wildman–Crippen MR) is 105 cm³/mol. The molecular weight excluding hydrogens is 340 g/mol. The van der Waals surface area contributed by atoms with Crippen LogP contribution in [0.2, 0.25) is 0 Å². The van der Waals surface area contributed by atoms with Gasteiger partial charge >= 0.3 is 0 Å². The Kier molecular flexibility index (Phi) is 4.16. The van der Waals surface area contributed by atoms with Gasteiger partial charge in [-0.15, -0.1) is 0 Å². The first kappa shape index (κ1) is 16.8. The zero-order valence-electron chi connectivity index (χ0n) is 15.6. The minimum absolute atomic E-state index is 0.0645. The van der Waals surface area contributed by atoms with Gasteiger partial charge in [0.15, 0.2) is 0 Å². The highest BCUT2D eigenvalue weighted by atomic mass is 16.5. The van der Waals surface area contributed by atoms with Gasteiger partial charge in [-0.1, -0.05) is 6.58 Å². The van der Waals surface area contributed by atoms with Gasteiger partial charge in [0, 0.05) is 74.7 Å². The summed E-state index contributed by atoms with van der Waals surface area (Å²) in [5, 5.41) is 1.28. The second-order valence-corrected chi connectivity index (χ2v) is 8.06. The van der Waals surface area contributed by atoms with Crippen LogP contribution in [0.25, 0.3) is 11.0 Å². The number of H-pyrrole nitrogens is 1. The summed E-state index contributed by atoms with van der Waals surface area (Å²) in [7, 11) is 0. The summed E-state index contributed by atoms with van der Waals surface area (Å²) in [5.74, 6) is 1.69. The minimum atomic E-state index is 0.0645. The number of likely N-dealkylation sites (tertiary alicyclic amines) is 1. The number of hydrogen-bond donors (Lipinski definition) is 1. The molecule has 0 spiro atoms. The molecule has 1 amide bonds. The Bertz CT molecular complexity index is 856. The second-order valence-electron chi connectivity index (χ2n) is 8.06. The Morgan fingerprint density at radius 2 is 1.96 bits per heavy atom. The molecule has 0 aromatic carbocycles. The largest absolute Gasteiger partial charge is 0.381 e. The van der Waals surface area contributed by atoms with E-state index in [9.17, 15) is 4.79 Å². The summed E-state index contributed by atoms with van der Waals surface area (Å²) >= 11 is 0. The Morgan fingerprint density at radius 3 is 2.67 bits per heavy atom. The number of aromatic amines is 1. The minimum Gasteiger partial charge on any atom is -0.381 e. The van der Waals surface area contributed by atoms with Gasteiger partial charge in [0.05, 0.1) is 0 Å². The van der Waals surface area contributed by atoms with E-state index in [-0.39, 0.29) is 5.91 Å². The van der Waals surface area contributed by atoms with Crippen LogP contribution in [0.3, 0.4) is 0 Å². The molecule has 27 heavy (non-hydrogen) atoms. The maximum Gasteiger partial charge on any atom is 0.245 e. The summed E-state index contributed by atoms with van der Waals surface area (Å²) in [4.78, 5) is 24.3. The monoisotopic (exact) mass is 366 g/mol. The van der Waals surface area contributed by atoms with E-state index >= 15 is 0 Å². The van der Waals surface area contributed by atoms with Gasteiger partial charge in [0.1, 0.15) is 5.65 Å². The molecule has 0 bridgehead atoms. The Morgan fingerprint density at radius 1 is 1.22 bits per heavy atom. The summed E-state index contributed by atoms with van der Waals surface area (Å²) < 4.78 is 5.55. The highest BCUT2D eigenvalue weighted by Crippen LogP contribution is 2.40. The molecule has 6 nitrogen and oxygen atoms in total. The van der Waals surface area contributed by atoms with Gasteiger partial charge in [-0.05, 0) is 36.5 Å². The number of rotatable bonds is 3. The normalized spacial score (nSPS) is 25.9. The van der Waals surface area contributed by atoms with E-state index in [1.165, 1.54) is 22.7 Å². The molecule has 3 saturated heterocycles. The molecule has 2 aromatic heterocycles. The van der Waals surface area contributed by atoms with Crippen molar-refractivity contribution in [2.75, 3.05) is 44.3 Å². The van der Waals surface area contributed by atoms with E-state index in [2.05, 4.69) is 33.7 Å². The van der Waals surface area contributed by atoms with Gasteiger partial charge in [-0.2, -0.15) is 0 Å². The third kappa shape index (κ3) is 2.83. The number of nitrogens with one attached hydrogen (secondary N) is 1. The quantitative estimate of drug-likeness (QED) is 0.848. The number of carbonyl (C=O) groups is 1.